The van der Waals surface area contributed by atoms with Crippen LogP contribution in [0.5, 0.6) is 0 Å². The second kappa shape index (κ2) is 6.06. The summed E-state index contributed by atoms with van der Waals surface area (Å²) in [6.45, 7) is 0. The minimum Gasteiger partial charge on any atom is -0.349 e. The molecular formula is C13H16N2O3S. The first kappa shape index (κ1) is 13.9. The molecule has 0 radical (unpaired) electrons. The van der Waals surface area contributed by atoms with Crippen molar-refractivity contribution in [3.05, 3.63) is 33.9 Å². The number of hydrogen-bond acceptors (Lipinski definition) is 4. The SMILES string of the molecule is CSc1ccc(C(=O)NC2CCCC2)cc1[N+](=O)[O-]. The standard InChI is InChI=1S/C13H16N2O3S/c1-19-12-7-6-9(8-11(12)15(17)18)13(16)14-10-4-2-3-5-10/h6-8,10H,2-5H2,1H3,(H,14,16). The molecule has 1 saturated carbocycles. The molecule has 1 aliphatic rings. The zero-order valence-electron chi connectivity index (χ0n) is 10.7. The van der Waals surface area contributed by atoms with Crippen LogP contribution in [0.2, 0.25) is 0 Å². The van der Waals surface area contributed by atoms with Crippen molar-refractivity contribution in [2.75, 3.05) is 6.26 Å². The number of amides is 1. The average Bonchev–Trinajstić information content (AvgIpc) is 2.90. The number of nitrogens with one attached hydrogen (secondary N) is 1. The smallest absolute Gasteiger partial charge is 0.283 e. The van der Waals surface area contributed by atoms with Gasteiger partial charge in [0.05, 0.1) is 9.82 Å². The molecule has 0 heterocycles. The van der Waals surface area contributed by atoms with Crippen molar-refractivity contribution >= 4 is 23.4 Å². The number of thioether (sulfide) groups is 1. The Kier molecular flexibility index (Phi) is 4.42. The van der Waals surface area contributed by atoms with E-state index >= 15 is 0 Å². The van der Waals surface area contributed by atoms with Gasteiger partial charge in [-0.1, -0.05) is 12.8 Å². The molecule has 1 aliphatic carbocycles. The zero-order valence-corrected chi connectivity index (χ0v) is 11.5. The zero-order chi connectivity index (χ0) is 13.8. The van der Waals surface area contributed by atoms with Gasteiger partial charge in [0, 0.05) is 17.7 Å². The van der Waals surface area contributed by atoms with Crippen LogP contribution in [0.1, 0.15) is 36.0 Å². The molecule has 102 valence electrons. The summed E-state index contributed by atoms with van der Waals surface area (Å²) in [5.41, 5.74) is 0.350. The van der Waals surface area contributed by atoms with Crippen molar-refractivity contribution in [2.24, 2.45) is 0 Å². The molecule has 5 nitrogen and oxygen atoms in total. The maximum Gasteiger partial charge on any atom is 0.283 e. The van der Waals surface area contributed by atoms with Gasteiger partial charge in [0.25, 0.3) is 11.6 Å². The molecule has 6 heteroatoms. The summed E-state index contributed by atoms with van der Waals surface area (Å²) >= 11 is 1.30. The fourth-order valence-electron chi connectivity index (χ4n) is 2.31. The molecule has 1 amide bonds. The summed E-state index contributed by atoms with van der Waals surface area (Å²) in [4.78, 5) is 23.1. The Balaban J connectivity index is 2.17. The van der Waals surface area contributed by atoms with E-state index < -0.39 is 4.92 Å². The lowest BCUT2D eigenvalue weighted by Gasteiger charge is -2.12. The number of nitro groups is 1. The molecule has 0 saturated heterocycles. The third-order valence-corrected chi connectivity index (χ3v) is 4.11. The van der Waals surface area contributed by atoms with Crippen LogP contribution in [0, 0.1) is 10.1 Å². The highest BCUT2D eigenvalue weighted by Crippen LogP contribution is 2.28. The van der Waals surface area contributed by atoms with Crippen LogP contribution in [0.25, 0.3) is 0 Å². The lowest BCUT2D eigenvalue weighted by molar-refractivity contribution is -0.387. The Hall–Kier alpha value is -1.56. The van der Waals surface area contributed by atoms with Gasteiger partial charge in [-0.05, 0) is 31.2 Å². The minimum atomic E-state index is -0.446. The van der Waals surface area contributed by atoms with Gasteiger partial charge in [-0.2, -0.15) is 0 Å². The first-order valence-corrected chi connectivity index (χ1v) is 7.47. The highest BCUT2D eigenvalue weighted by Gasteiger charge is 2.20. The molecule has 0 bridgehead atoms. The van der Waals surface area contributed by atoms with E-state index in [1.165, 1.54) is 17.8 Å². The Labute approximate surface area is 115 Å². The van der Waals surface area contributed by atoms with Crippen LogP contribution in [-0.2, 0) is 0 Å². The van der Waals surface area contributed by atoms with Crippen LogP contribution >= 0.6 is 11.8 Å². The van der Waals surface area contributed by atoms with Gasteiger partial charge >= 0.3 is 0 Å². The first-order valence-electron chi connectivity index (χ1n) is 6.25. The van der Waals surface area contributed by atoms with Crippen LogP contribution < -0.4 is 5.32 Å². The second-order valence-electron chi connectivity index (χ2n) is 4.60. The van der Waals surface area contributed by atoms with Gasteiger partial charge < -0.3 is 5.32 Å². The van der Waals surface area contributed by atoms with Gasteiger partial charge in [-0.3, -0.25) is 14.9 Å². The Morgan fingerprint density at radius 3 is 2.68 bits per heavy atom. The molecule has 0 atom stereocenters. The lowest BCUT2D eigenvalue weighted by atomic mass is 10.1. The van der Waals surface area contributed by atoms with Crippen LogP contribution in [-0.4, -0.2) is 23.1 Å². The molecule has 0 aliphatic heterocycles. The van der Waals surface area contributed by atoms with Crippen LogP contribution in [0.15, 0.2) is 23.1 Å². The quantitative estimate of drug-likeness (QED) is 0.523. The van der Waals surface area contributed by atoms with Gasteiger partial charge in [0.15, 0.2) is 0 Å². The number of hydrogen-bond donors (Lipinski definition) is 1. The Morgan fingerprint density at radius 2 is 2.11 bits per heavy atom. The molecule has 0 aromatic heterocycles. The summed E-state index contributed by atoms with van der Waals surface area (Å²) in [5.74, 6) is -0.220. The van der Waals surface area contributed by atoms with E-state index in [1.807, 2.05) is 0 Å². The minimum absolute atomic E-state index is 0.00780. The largest absolute Gasteiger partial charge is 0.349 e. The highest BCUT2D eigenvalue weighted by molar-refractivity contribution is 7.98. The maximum atomic E-state index is 12.0. The number of nitro benzene ring substituents is 1. The Bertz CT molecular complexity index is 499. The molecule has 1 fully saturated rings. The Morgan fingerprint density at radius 1 is 1.42 bits per heavy atom. The molecular weight excluding hydrogens is 264 g/mol. The number of rotatable bonds is 4. The van der Waals surface area contributed by atoms with Crippen LogP contribution in [0.3, 0.4) is 0 Å². The van der Waals surface area contributed by atoms with Crippen molar-refractivity contribution in [2.45, 2.75) is 36.6 Å². The summed E-state index contributed by atoms with van der Waals surface area (Å²) in [6.07, 6.45) is 6.04. The normalized spacial score (nSPS) is 15.4. The summed E-state index contributed by atoms with van der Waals surface area (Å²) < 4.78 is 0. The summed E-state index contributed by atoms with van der Waals surface area (Å²) in [6, 6.07) is 4.85. The van der Waals surface area contributed by atoms with Crippen molar-refractivity contribution in [1.29, 1.82) is 0 Å². The lowest BCUT2D eigenvalue weighted by Crippen LogP contribution is -2.32. The van der Waals surface area contributed by atoms with Crippen LogP contribution in [0.4, 0.5) is 5.69 Å². The van der Waals surface area contributed by atoms with Crippen molar-refractivity contribution in [3.63, 3.8) is 0 Å². The third-order valence-electron chi connectivity index (χ3n) is 3.33. The topological polar surface area (TPSA) is 72.2 Å². The summed E-state index contributed by atoms with van der Waals surface area (Å²) in [5, 5.41) is 13.9. The number of nitrogens with zero attached hydrogens (tertiary/aromatic N) is 1. The third kappa shape index (κ3) is 3.26. The predicted octanol–water partition coefficient (Wildman–Crippen LogP) is 2.99. The van der Waals surface area contributed by atoms with E-state index in [4.69, 9.17) is 0 Å². The molecule has 1 aromatic carbocycles. The fraction of sp³-hybridized carbons (Fsp3) is 0.462. The number of carbonyl (C=O) groups is 1. The number of carbonyl (C=O) groups excluding carboxylic acids is 1. The molecule has 0 unspecified atom stereocenters. The summed E-state index contributed by atoms with van der Waals surface area (Å²) in [7, 11) is 0. The first-order chi connectivity index (χ1) is 9.11. The molecule has 1 N–H and O–H groups in total. The molecule has 0 spiro atoms. The van der Waals surface area contributed by atoms with Crippen molar-refractivity contribution in [1.82, 2.24) is 5.32 Å². The van der Waals surface area contributed by atoms with E-state index in [9.17, 15) is 14.9 Å². The van der Waals surface area contributed by atoms with E-state index in [0.29, 0.717) is 10.5 Å². The molecule has 1 aromatic rings. The monoisotopic (exact) mass is 280 g/mol. The fourth-order valence-corrected chi connectivity index (χ4v) is 2.86. The van der Waals surface area contributed by atoms with E-state index in [0.717, 1.165) is 25.7 Å². The average molecular weight is 280 g/mol. The van der Waals surface area contributed by atoms with E-state index in [1.54, 1.807) is 18.4 Å². The van der Waals surface area contributed by atoms with Gasteiger partial charge in [-0.15, -0.1) is 11.8 Å². The van der Waals surface area contributed by atoms with E-state index in [2.05, 4.69) is 5.32 Å². The highest BCUT2D eigenvalue weighted by atomic mass is 32.2. The van der Waals surface area contributed by atoms with E-state index in [-0.39, 0.29) is 17.6 Å². The molecule has 19 heavy (non-hydrogen) atoms. The maximum absolute atomic E-state index is 12.0. The van der Waals surface area contributed by atoms with Crippen molar-refractivity contribution < 1.29 is 9.72 Å². The predicted molar refractivity (Wildman–Crippen MR) is 74.6 cm³/mol. The number of benzene rings is 1. The van der Waals surface area contributed by atoms with Gasteiger partial charge in [0.2, 0.25) is 0 Å². The van der Waals surface area contributed by atoms with Crippen molar-refractivity contribution in [3.8, 4) is 0 Å². The van der Waals surface area contributed by atoms with Gasteiger partial charge in [-0.25, -0.2) is 0 Å². The van der Waals surface area contributed by atoms with Gasteiger partial charge in [0.1, 0.15) is 0 Å². The molecule has 2 rings (SSSR count). The second-order valence-corrected chi connectivity index (χ2v) is 5.45.